The van der Waals surface area contributed by atoms with Crippen molar-refractivity contribution in [2.75, 3.05) is 6.54 Å². The molecular weight excluding hydrogens is 650 g/mol. The fourth-order valence-corrected chi connectivity index (χ4v) is 7.32. The van der Waals surface area contributed by atoms with Crippen LogP contribution in [-0.4, -0.2) is 70.9 Å². The number of primary amides is 1. The second kappa shape index (κ2) is 14.5. The van der Waals surface area contributed by atoms with Gasteiger partial charge in [0.15, 0.2) is 5.78 Å². The molecule has 0 aromatic heterocycles. The highest BCUT2D eigenvalue weighted by Gasteiger charge is 2.70. The van der Waals surface area contributed by atoms with Crippen LogP contribution >= 0.6 is 0 Å². The SMILES string of the molecule is CC(C)[C@H](NC(=O)N[C@H](C(=O)N1C[C@H]2[C@@H]([C@H]1C(=O)NC(CC1CC1)C(=O)C(N)=O)C2(C)C)C(C)(C)C)C(=O)c1ccc(Oc2ccccc2)cc1. The number of Topliss-reactive ketones (excluding diaryl/α,β-unsaturated/α-hetero) is 2. The van der Waals surface area contributed by atoms with Crippen LogP contribution in [-0.2, 0) is 19.2 Å². The number of hydrogen-bond donors (Lipinski definition) is 4. The van der Waals surface area contributed by atoms with Crippen molar-refractivity contribution < 1.29 is 33.5 Å². The molecule has 274 valence electrons. The molecule has 0 spiro atoms. The zero-order valence-electron chi connectivity index (χ0n) is 30.5. The third-order valence-electron chi connectivity index (χ3n) is 10.6. The van der Waals surface area contributed by atoms with Gasteiger partial charge in [-0.2, -0.15) is 0 Å². The number of nitrogens with one attached hydrogen (secondary N) is 3. The van der Waals surface area contributed by atoms with E-state index in [1.54, 1.807) is 24.3 Å². The van der Waals surface area contributed by atoms with Gasteiger partial charge in [-0.05, 0) is 77.3 Å². The Morgan fingerprint density at radius 2 is 1.51 bits per heavy atom. The van der Waals surface area contributed by atoms with Crippen molar-refractivity contribution in [1.82, 2.24) is 20.9 Å². The first-order valence-electron chi connectivity index (χ1n) is 17.8. The Labute approximate surface area is 299 Å². The minimum absolute atomic E-state index is 0.0489. The third-order valence-corrected chi connectivity index (χ3v) is 10.6. The van der Waals surface area contributed by atoms with E-state index in [2.05, 4.69) is 16.0 Å². The number of piperidine rings is 1. The van der Waals surface area contributed by atoms with Crippen LogP contribution in [0.3, 0.4) is 0 Å². The molecule has 5 rings (SSSR count). The largest absolute Gasteiger partial charge is 0.457 e. The molecule has 1 heterocycles. The highest BCUT2D eigenvalue weighted by atomic mass is 16.5. The van der Waals surface area contributed by atoms with Crippen LogP contribution in [0.4, 0.5) is 4.79 Å². The predicted octanol–water partition coefficient (Wildman–Crippen LogP) is 4.22. The van der Waals surface area contributed by atoms with Crippen molar-refractivity contribution in [3.63, 3.8) is 0 Å². The zero-order chi connectivity index (χ0) is 37.4. The molecule has 1 unspecified atom stereocenters. The molecule has 5 amide bonds. The van der Waals surface area contributed by atoms with Gasteiger partial charge in [0, 0.05) is 12.1 Å². The highest BCUT2D eigenvalue weighted by molar-refractivity contribution is 6.37. The number of rotatable bonds is 14. The maximum Gasteiger partial charge on any atom is 0.316 e. The van der Waals surface area contributed by atoms with Crippen molar-refractivity contribution in [3.8, 4) is 11.5 Å². The van der Waals surface area contributed by atoms with Crippen LogP contribution in [0.15, 0.2) is 54.6 Å². The number of carbonyl (C=O) groups excluding carboxylic acids is 6. The van der Waals surface area contributed by atoms with E-state index in [1.807, 2.05) is 78.8 Å². The average Bonchev–Trinajstić information content (AvgIpc) is 3.92. The lowest BCUT2D eigenvalue weighted by Gasteiger charge is -2.38. The fraction of sp³-hybridized carbons (Fsp3) is 0.538. The lowest BCUT2D eigenvalue weighted by atomic mass is 9.85. The quantitative estimate of drug-likeness (QED) is 0.168. The Balaban J connectivity index is 1.29. The van der Waals surface area contributed by atoms with E-state index in [1.165, 1.54) is 4.90 Å². The van der Waals surface area contributed by atoms with Gasteiger partial charge in [0.05, 0.1) is 12.1 Å². The first-order chi connectivity index (χ1) is 23.9. The van der Waals surface area contributed by atoms with Crippen molar-refractivity contribution >= 4 is 35.3 Å². The van der Waals surface area contributed by atoms with E-state index < -0.39 is 59.1 Å². The summed E-state index contributed by atoms with van der Waals surface area (Å²) in [4.78, 5) is 81.4. The summed E-state index contributed by atoms with van der Waals surface area (Å²) in [6.07, 6.45) is 2.13. The molecule has 1 saturated heterocycles. The van der Waals surface area contributed by atoms with Crippen LogP contribution in [0.5, 0.6) is 11.5 Å². The number of nitrogens with zero attached hydrogens (tertiary/aromatic N) is 1. The molecule has 51 heavy (non-hydrogen) atoms. The van der Waals surface area contributed by atoms with E-state index >= 15 is 0 Å². The number of fused-ring (bicyclic) bond motifs is 1. The van der Waals surface area contributed by atoms with Crippen molar-refractivity contribution in [2.45, 2.75) is 91.9 Å². The molecule has 12 heteroatoms. The lowest BCUT2D eigenvalue weighted by molar-refractivity contribution is -0.145. The normalized spacial score (nSPS) is 22.2. The molecule has 2 aromatic carbocycles. The summed E-state index contributed by atoms with van der Waals surface area (Å²) in [5.74, 6) is -2.15. The third kappa shape index (κ3) is 8.43. The summed E-state index contributed by atoms with van der Waals surface area (Å²) >= 11 is 0. The Kier molecular flexibility index (Phi) is 10.6. The van der Waals surface area contributed by atoms with E-state index in [9.17, 15) is 28.8 Å². The minimum Gasteiger partial charge on any atom is -0.457 e. The van der Waals surface area contributed by atoms with Gasteiger partial charge in [-0.15, -0.1) is 0 Å². The van der Waals surface area contributed by atoms with E-state index in [0.717, 1.165) is 12.8 Å². The molecule has 0 bridgehead atoms. The first kappa shape index (κ1) is 37.5. The first-order valence-corrected chi connectivity index (χ1v) is 17.8. The van der Waals surface area contributed by atoms with E-state index in [0.29, 0.717) is 30.0 Å². The van der Waals surface area contributed by atoms with Crippen LogP contribution < -0.4 is 26.4 Å². The standard InChI is InChI=1S/C39H51N5O7/c1-21(2)29(31(45)23-15-17-25(18-16-23)51-24-11-9-8-10-12-24)42-37(50)43-33(38(3,4)5)36(49)44-20-26-28(39(26,6)7)30(44)35(48)41-27(19-22-13-14-22)32(46)34(40)47/h8-12,15-18,21-22,26-30,33H,13-14,19-20H2,1-7H3,(H2,40,47)(H,41,48)(H2,42,43,50)/t26-,27?,28-,29-,30-,33+/m0/s1. The number of benzene rings is 2. The molecule has 2 aromatic rings. The second-order valence-electron chi connectivity index (χ2n) is 16.3. The molecule has 6 atom stereocenters. The molecule has 5 N–H and O–H groups in total. The van der Waals surface area contributed by atoms with Gasteiger partial charge in [-0.1, -0.05) is 79.5 Å². The Morgan fingerprint density at radius 3 is 2.06 bits per heavy atom. The van der Waals surface area contributed by atoms with Gasteiger partial charge in [0.25, 0.3) is 5.91 Å². The van der Waals surface area contributed by atoms with Crippen LogP contribution in [0.2, 0.25) is 0 Å². The van der Waals surface area contributed by atoms with Crippen molar-refractivity contribution in [3.05, 3.63) is 60.2 Å². The monoisotopic (exact) mass is 701 g/mol. The summed E-state index contributed by atoms with van der Waals surface area (Å²) in [7, 11) is 0. The number of nitrogens with two attached hydrogens (primary N) is 1. The summed E-state index contributed by atoms with van der Waals surface area (Å²) in [6.45, 7) is 13.5. The zero-order valence-corrected chi connectivity index (χ0v) is 30.5. The number of ether oxygens (including phenoxy) is 1. The van der Waals surface area contributed by atoms with Gasteiger partial charge in [0.2, 0.25) is 17.6 Å². The number of hydrogen-bond acceptors (Lipinski definition) is 7. The van der Waals surface area contributed by atoms with Crippen LogP contribution in [0.25, 0.3) is 0 Å². The van der Waals surface area contributed by atoms with Gasteiger partial charge >= 0.3 is 6.03 Å². The van der Waals surface area contributed by atoms with Crippen LogP contribution in [0.1, 0.15) is 78.1 Å². The van der Waals surface area contributed by atoms with Crippen LogP contribution in [0, 0.1) is 34.5 Å². The summed E-state index contributed by atoms with van der Waals surface area (Å²) in [5, 5.41) is 8.38. The van der Waals surface area contributed by atoms with Gasteiger partial charge < -0.3 is 31.3 Å². The van der Waals surface area contributed by atoms with E-state index in [-0.39, 0.29) is 34.9 Å². The van der Waals surface area contributed by atoms with Crippen molar-refractivity contribution in [2.24, 2.45) is 40.2 Å². The Bertz CT molecular complexity index is 1660. The molecule has 0 radical (unpaired) electrons. The number of amides is 5. The number of carbonyl (C=O) groups is 6. The molecule has 3 aliphatic rings. The molecule has 3 fully saturated rings. The molecule has 1 aliphatic heterocycles. The minimum atomic E-state index is -1.11. The molecule has 2 aliphatic carbocycles. The lowest BCUT2D eigenvalue weighted by Crippen LogP contribution is -2.62. The maximum atomic E-state index is 14.4. The maximum absolute atomic E-state index is 14.4. The second-order valence-corrected chi connectivity index (χ2v) is 16.3. The molecule has 2 saturated carbocycles. The number of likely N-dealkylation sites (tertiary alicyclic amines) is 1. The summed E-state index contributed by atoms with van der Waals surface area (Å²) in [5.41, 5.74) is 4.71. The predicted molar refractivity (Wildman–Crippen MR) is 191 cm³/mol. The number of urea groups is 1. The van der Waals surface area contributed by atoms with E-state index in [4.69, 9.17) is 10.5 Å². The number of ketones is 2. The summed E-state index contributed by atoms with van der Waals surface area (Å²) in [6, 6.07) is 11.4. The van der Waals surface area contributed by atoms with Gasteiger partial charge in [-0.25, -0.2) is 4.79 Å². The van der Waals surface area contributed by atoms with Gasteiger partial charge in [0.1, 0.15) is 23.6 Å². The average molecular weight is 702 g/mol. The fourth-order valence-electron chi connectivity index (χ4n) is 7.32. The number of para-hydroxylation sites is 1. The smallest absolute Gasteiger partial charge is 0.316 e. The van der Waals surface area contributed by atoms with Gasteiger partial charge in [-0.3, -0.25) is 24.0 Å². The molecular formula is C39H51N5O7. The Morgan fingerprint density at radius 1 is 0.902 bits per heavy atom. The molecule has 12 nitrogen and oxygen atoms in total. The Hall–Kier alpha value is -4.74. The highest BCUT2D eigenvalue weighted by Crippen LogP contribution is 2.65. The van der Waals surface area contributed by atoms with Crippen molar-refractivity contribution in [1.29, 1.82) is 0 Å². The summed E-state index contributed by atoms with van der Waals surface area (Å²) < 4.78 is 5.84. The topological polar surface area (TPSA) is 177 Å².